The molecule has 3 nitrogen and oxygen atoms in total. The number of pyridine rings is 1. The van der Waals surface area contributed by atoms with Crippen molar-refractivity contribution in [3.63, 3.8) is 0 Å². The van der Waals surface area contributed by atoms with Crippen LogP contribution in [0.1, 0.15) is 15.9 Å². The van der Waals surface area contributed by atoms with Crippen LogP contribution in [0.15, 0.2) is 47.2 Å². The highest BCUT2D eigenvalue weighted by Crippen LogP contribution is 2.22. The Morgan fingerprint density at radius 1 is 1.39 bits per heavy atom. The summed E-state index contributed by atoms with van der Waals surface area (Å²) in [7, 11) is 0. The Hall–Kier alpha value is -1.39. The zero-order valence-corrected chi connectivity index (χ0v) is 11.6. The molecule has 0 spiro atoms. The molecule has 0 fully saturated rings. The molecule has 0 aliphatic rings. The number of rotatable bonds is 3. The molecule has 1 heterocycles. The first-order chi connectivity index (χ1) is 8.66. The van der Waals surface area contributed by atoms with Crippen molar-refractivity contribution in [1.29, 1.82) is 0 Å². The van der Waals surface area contributed by atoms with E-state index in [1.54, 1.807) is 36.7 Å². The standard InChI is InChI=1S/C13H9BrClNO2/c14-12-4-3-10(15)6-11(12)13(17)18-8-9-2-1-5-16-7-9/h1-7H,8H2. The average Bonchev–Trinajstić information content (AvgIpc) is 2.40. The monoisotopic (exact) mass is 325 g/mol. The van der Waals surface area contributed by atoms with Gasteiger partial charge in [0.2, 0.25) is 0 Å². The van der Waals surface area contributed by atoms with Crippen molar-refractivity contribution in [2.75, 3.05) is 0 Å². The highest BCUT2D eigenvalue weighted by Gasteiger charge is 2.12. The van der Waals surface area contributed by atoms with Crippen LogP contribution in [-0.2, 0) is 11.3 Å². The van der Waals surface area contributed by atoms with Gasteiger partial charge in [-0.2, -0.15) is 0 Å². The Morgan fingerprint density at radius 2 is 2.22 bits per heavy atom. The molecule has 2 rings (SSSR count). The molecular weight excluding hydrogens is 318 g/mol. The van der Waals surface area contributed by atoms with Crippen LogP contribution in [-0.4, -0.2) is 11.0 Å². The predicted molar refractivity (Wildman–Crippen MR) is 72.5 cm³/mol. The Kier molecular flexibility index (Phi) is 4.33. The molecule has 5 heteroatoms. The number of hydrogen-bond donors (Lipinski definition) is 0. The summed E-state index contributed by atoms with van der Waals surface area (Å²) in [6.07, 6.45) is 3.32. The lowest BCUT2D eigenvalue weighted by molar-refractivity contribution is 0.0471. The second-order valence-electron chi connectivity index (χ2n) is 3.56. The summed E-state index contributed by atoms with van der Waals surface area (Å²) in [5, 5.41) is 0.492. The van der Waals surface area contributed by atoms with Crippen LogP contribution in [0.2, 0.25) is 5.02 Å². The van der Waals surface area contributed by atoms with Gasteiger partial charge in [0.05, 0.1) is 5.56 Å². The number of halogens is 2. The predicted octanol–water partition coefficient (Wildman–Crippen LogP) is 3.85. The van der Waals surface area contributed by atoms with E-state index in [0.29, 0.717) is 15.1 Å². The first kappa shape index (κ1) is 13.1. The van der Waals surface area contributed by atoms with Crippen LogP contribution in [0.5, 0.6) is 0 Å². The summed E-state index contributed by atoms with van der Waals surface area (Å²) >= 11 is 9.12. The number of nitrogens with zero attached hydrogens (tertiary/aromatic N) is 1. The van der Waals surface area contributed by atoms with Crippen LogP contribution >= 0.6 is 27.5 Å². The Morgan fingerprint density at radius 3 is 2.94 bits per heavy atom. The number of hydrogen-bond acceptors (Lipinski definition) is 3. The number of esters is 1. The number of benzene rings is 1. The van der Waals surface area contributed by atoms with Crippen molar-refractivity contribution >= 4 is 33.5 Å². The third-order valence-corrected chi connectivity index (χ3v) is 3.17. The quantitative estimate of drug-likeness (QED) is 0.804. The van der Waals surface area contributed by atoms with Gasteiger partial charge in [-0.3, -0.25) is 4.98 Å². The molecule has 0 aliphatic carbocycles. The van der Waals surface area contributed by atoms with Gasteiger partial charge in [-0.1, -0.05) is 17.7 Å². The van der Waals surface area contributed by atoms with Crippen LogP contribution in [0.4, 0.5) is 0 Å². The van der Waals surface area contributed by atoms with E-state index < -0.39 is 5.97 Å². The molecule has 18 heavy (non-hydrogen) atoms. The molecule has 0 unspecified atom stereocenters. The minimum atomic E-state index is -0.423. The zero-order valence-electron chi connectivity index (χ0n) is 9.27. The smallest absolute Gasteiger partial charge is 0.339 e. The molecule has 92 valence electrons. The molecule has 0 N–H and O–H groups in total. The summed E-state index contributed by atoms with van der Waals surface area (Å²) in [6.45, 7) is 0.186. The lowest BCUT2D eigenvalue weighted by Crippen LogP contribution is -2.06. The highest BCUT2D eigenvalue weighted by molar-refractivity contribution is 9.10. The molecule has 0 radical (unpaired) electrons. The minimum absolute atomic E-state index is 0.186. The average molecular weight is 327 g/mol. The van der Waals surface area contributed by atoms with E-state index in [0.717, 1.165) is 5.56 Å². The van der Waals surface area contributed by atoms with E-state index in [-0.39, 0.29) is 6.61 Å². The van der Waals surface area contributed by atoms with Gasteiger partial charge >= 0.3 is 5.97 Å². The van der Waals surface area contributed by atoms with Crippen LogP contribution < -0.4 is 0 Å². The van der Waals surface area contributed by atoms with E-state index >= 15 is 0 Å². The molecule has 0 aliphatic heterocycles. The molecule has 1 aromatic heterocycles. The maximum atomic E-state index is 11.9. The Labute approximate surface area is 118 Å². The first-order valence-corrected chi connectivity index (χ1v) is 6.35. The van der Waals surface area contributed by atoms with Gasteiger partial charge in [-0.25, -0.2) is 4.79 Å². The van der Waals surface area contributed by atoms with Crippen molar-refractivity contribution < 1.29 is 9.53 Å². The molecule has 0 bridgehead atoms. The van der Waals surface area contributed by atoms with Crippen molar-refractivity contribution in [3.8, 4) is 0 Å². The molecule has 0 saturated heterocycles. The van der Waals surface area contributed by atoms with E-state index in [1.165, 1.54) is 0 Å². The minimum Gasteiger partial charge on any atom is -0.457 e. The van der Waals surface area contributed by atoms with E-state index in [2.05, 4.69) is 20.9 Å². The number of aromatic nitrogens is 1. The van der Waals surface area contributed by atoms with Crippen molar-refractivity contribution in [1.82, 2.24) is 4.98 Å². The largest absolute Gasteiger partial charge is 0.457 e. The zero-order chi connectivity index (χ0) is 13.0. The summed E-state index contributed by atoms with van der Waals surface area (Å²) in [6, 6.07) is 8.61. The van der Waals surface area contributed by atoms with Gasteiger partial charge in [0.25, 0.3) is 0 Å². The molecule has 0 atom stereocenters. The molecule has 2 aromatic rings. The second-order valence-corrected chi connectivity index (χ2v) is 4.85. The fraction of sp³-hybridized carbons (Fsp3) is 0.0769. The van der Waals surface area contributed by atoms with Crippen molar-refractivity contribution in [2.24, 2.45) is 0 Å². The summed E-state index contributed by atoms with van der Waals surface area (Å²) < 4.78 is 5.84. The van der Waals surface area contributed by atoms with Gasteiger partial charge in [-0.05, 0) is 40.2 Å². The number of carbonyl (C=O) groups is 1. The van der Waals surface area contributed by atoms with Crippen LogP contribution in [0.3, 0.4) is 0 Å². The maximum Gasteiger partial charge on any atom is 0.339 e. The lowest BCUT2D eigenvalue weighted by atomic mass is 10.2. The topological polar surface area (TPSA) is 39.2 Å². The third-order valence-electron chi connectivity index (χ3n) is 2.24. The van der Waals surface area contributed by atoms with Crippen molar-refractivity contribution in [2.45, 2.75) is 6.61 Å². The van der Waals surface area contributed by atoms with E-state index in [4.69, 9.17) is 16.3 Å². The Balaban J connectivity index is 2.06. The van der Waals surface area contributed by atoms with Gasteiger partial charge in [0.1, 0.15) is 6.61 Å². The molecular formula is C13H9BrClNO2. The third kappa shape index (κ3) is 3.31. The maximum absolute atomic E-state index is 11.9. The lowest BCUT2D eigenvalue weighted by Gasteiger charge is -2.06. The van der Waals surface area contributed by atoms with E-state index in [1.807, 2.05) is 6.07 Å². The second kappa shape index (κ2) is 5.98. The molecule has 0 saturated carbocycles. The van der Waals surface area contributed by atoms with E-state index in [9.17, 15) is 4.79 Å². The van der Waals surface area contributed by atoms with Gasteiger partial charge in [-0.15, -0.1) is 0 Å². The first-order valence-electron chi connectivity index (χ1n) is 5.18. The molecule has 1 aromatic carbocycles. The van der Waals surface area contributed by atoms with Crippen LogP contribution in [0, 0.1) is 0 Å². The number of carbonyl (C=O) groups excluding carboxylic acids is 1. The summed E-state index contributed by atoms with van der Waals surface area (Å²) in [5.74, 6) is -0.423. The van der Waals surface area contributed by atoms with Crippen molar-refractivity contribution in [3.05, 3.63) is 63.3 Å². The van der Waals surface area contributed by atoms with Gasteiger partial charge in [0, 0.05) is 27.5 Å². The van der Waals surface area contributed by atoms with Crippen LogP contribution in [0.25, 0.3) is 0 Å². The number of ether oxygens (including phenoxy) is 1. The molecule has 0 amide bonds. The summed E-state index contributed by atoms with van der Waals surface area (Å²) in [5.41, 5.74) is 1.25. The fourth-order valence-electron chi connectivity index (χ4n) is 1.36. The SMILES string of the molecule is O=C(OCc1cccnc1)c1cc(Cl)ccc1Br. The Bertz CT molecular complexity index is 560. The highest BCUT2D eigenvalue weighted by atomic mass is 79.9. The van der Waals surface area contributed by atoms with Gasteiger partial charge < -0.3 is 4.74 Å². The van der Waals surface area contributed by atoms with Gasteiger partial charge in [0.15, 0.2) is 0 Å². The summed E-state index contributed by atoms with van der Waals surface area (Å²) in [4.78, 5) is 15.8. The fourth-order valence-corrected chi connectivity index (χ4v) is 1.94. The normalized spacial score (nSPS) is 10.1.